The van der Waals surface area contributed by atoms with Crippen molar-refractivity contribution >= 4 is 11.8 Å². The third-order valence-corrected chi connectivity index (χ3v) is 2.63. The molecule has 0 fully saturated rings. The Morgan fingerprint density at radius 3 is 2.67 bits per heavy atom. The minimum Gasteiger partial charge on any atom is -0.336 e. The van der Waals surface area contributed by atoms with Crippen LogP contribution in [0.4, 0.5) is 0 Å². The first-order chi connectivity index (χ1) is 7.31. The van der Waals surface area contributed by atoms with Crippen LogP contribution in [0.15, 0.2) is 28.8 Å². The van der Waals surface area contributed by atoms with Crippen molar-refractivity contribution in [1.82, 2.24) is 24.8 Å². The second-order valence-electron chi connectivity index (χ2n) is 2.76. The SMILES string of the molecule is CCc1nnc(Sc2ncccn2)n1N. The lowest BCUT2D eigenvalue weighted by molar-refractivity contribution is 0.792. The van der Waals surface area contributed by atoms with Gasteiger partial charge in [-0.2, -0.15) is 0 Å². The topological polar surface area (TPSA) is 82.5 Å². The van der Waals surface area contributed by atoms with Crippen molar-refractivity contribution in [2.75, 3.05) is 5.84 Å². The number of aromatic nitrogens is 5. The van der Waals surface area contributed by atoms with Gasteiger partial charge in [0.2, 0.25) is 5.16 Å². The molecule has 0 atom stereocenters. The molecule has 0 radical (unpaired) electrons. The highest BCUT2D eigenvalue weighted by atomic mass is 32.2. The second kappa shape index (κ2) is 4.26. The molecule has 6 nitrogen and oxygen atoms in total. The molecule has 15 heavy (non-hydrogen) atoms. The lowest BCUT2D eigenvalue weighted by atomic mass is 10.5. The smallest absolute Gasteiger partial charge is 0.217 e. The van der Waals surface area contributed by atoms with E-state index in [-0.39, 0.29) is 0 Å². The van der Waals surface area contributed by atoms with Gasteiger partial charge in [0.1, 0.15) is 0 Å². The first-order valence-electron chi connectivity index (χ1n) is 4.45. The van der Waals surface area contributed by atoms with Crippen LogP contribution in [-0.4, -0.2) is 24.8 Å². The minimum atomic E-state index is 0.595. The molecular formula is C8H10N6S. The molecule has 2 rings (SSSR count). The molecule has 2 aromatic rings. The molecule has 0 spiro atoms. The van der Waals surface area contributed by atoms with Crippen molar-refractivity contribution in [3.8, 4) is 0 Å². The molecule has 2 heterocycles. The maximum atomic E-state index is 5.78. The van der Waals surface area contributed by atoms with E-state index in [0.29, 0.717) is 10.3 Å². The quantitative estimate of drug-likeness (QED) is 0.601. The van der Waals surface area contributed by atoms with E-state index in [2.05, 4.69) is 20.2 Å². The van der Waals surface area contributed by atoms with Crippen LogP contribution in [0.2, 0.25) is 0 Å². The number of rotatable bonds is 3. The third-order valence-electron chi connectivity index (χ3n) is 1.78. The summed E-state index contributed by atoms with van der Waals surface area (Å²) in [6.07, 6.45) is 4.10. The summed E-state index contributed by atoms with van der Waals surface area (Å²) in [5.74, 6) is 6.52. The number of hydrogen-bond donors (Lipinski definition) is 1. The number of nitrogens with two attached hydrogens (primary N) is 1. The van der Waals surface area contributed by atoms with Gasteiger partial charge in [0.15, 0.2) is 11.0 Å². The average molecular weight is 222 g/mol. The predicted octanol–water partition coefficient (Wildman–Crippen LogP) is 0.496. The maximum absolute atomic E-state index is 5.78. The summed E-state index contributed by atoms with van der Waals surface area (Å²) in [5.41, 5.74) is 0. The zero-order valence-electron chi connectivity index (χ0n) is 8.16. The van der Waals surface area contributed by atoms with Gasteiger partial charge in [0, 0.05) is 18.8 Å². The highest BCUT2D eigenvalue weighted by molar-refractivity contribution is 7.99. The lowest BCUT2D eigenvalue weighted by Gasteiger charge is -1.99. The van der Waals surface area contributed by atoms with Crippen LogP contribution in [0.3, 0.4) is 0 Å². The fraction of sp³-hybridized carbons (Fsp3) is 0.250. The lowest BCUT2D eigenvalue weighted by Crippen LogP contribution is -2.13. The van der Waals surface area contributed by atoms with Gasteiger partial charge in [-0.25, -0.2) is 14.6 Å². The Kier molecular flexibility index (Phi) is 2.82. The van der Waals surface area contributed by atoms with Gasteiger partial charge in [-0.1, -0.05) is 6.92 Å². The first-order valence-corrected chi connectivity index (χ1v) is 5.27. The maximum Gasteiger partial charge on any atom is 0.217 e. The highest BCUT2D eigenvalue weighted by Crippen LogP contribution is 2.20. The van der Waals surface area contributed by atoms with Crippen molar-refractivity contribution in [2.45, 2.75) is 23.7 Å². The van der Waals surface area contributed by atoms with Crippen molar-refractivity contribution in [1.29, 1.82) is 0 Å². The second-order valence-corrected chi connectivity index (χ2v) is 3.69. The fourth-order valence-electron chi connectivity index (χ4n) is 1.04. The summed E-state index contributed by atoms with van der Waals surface area (Å²) in [6, 6.07) is 1.76. The van der Waals surface area contributed by atoms with Crippen molar-refractivity contribution < 1.29 is 0 Å². The molecular weight excluding hydrogens is 212 g/mol. The van der Waals surface area contributed by atoms with Gasteiger partial charge in [0.05, 0.1) is 0 Å². The molecule has 0 aromatic carbocycles. The molecule has 0 bridgehead atoms. The largest absolute Gasteiger partial charge is 0.336 e. The standard InChI is InChI=1S/C8H10N6S/c1-2-6-12-13-8(14(6)9)15-7-10-4-3-5-11-7/h3-5H,2,9H2,1H3. The summed E-state index contributed by atoms with van der Waals surface area (Å²) in [5, 5.41) is 9.10. The first kappa shape index (κ1) is 9.91. The summed E-state index contributed by atoms with van der Waals surface area (Å²) < 4.78 is 1.46. The molecule has 0 amide bonds. The Morgan fingerprint density at radius 1 is 1.33 bits per heavy atom. The van der Waals surface area contributed by atoms with Crippen LogP contribution in [0, 0.1) is 0 Å². The van der Waals surface area contributed by atoms with E-state index in [9.17, 15) is 0 Å². The Bertz CT molecular complexity index is 440. The highest BCUT2D eigenvalue weighted by Gasteiger charge is 2.10. The van der Waals surface area contributed by atoms with Crippen LogP contribution in [0.25, 0.3) is 0 Å². The van der Waals surface area contributed by atoms with E-state index in [1.807, 2.05) is 6.92 Å². The zero-order chi connectivity index (χ0) is 10.7. The van der Waals surface area contributed by atoms with Gasteiger partial charge in [-0.3, -0.25) is 0 Å². The summed E-state index contributed by atoms with van der Waals surface area (Å²) in [6.45, 7) is 1.97. The van der Waals surface area contributed by atoms with Crippen LogP contribution >= 0.6 is 11.8 Å². The van der Waals surface area contributed by atoms with E-state index in [1.165, 1.54) is 16.4 Å². The van der Waals surface area contributed by atoms with Crippen molar-refractivity contribution in [2.24, 2.45) is 0 Å². The summed E-state index contributed by atoms with van der Waals surface area (Å²) in [7, 11) is 0. The molecule has 0 aliphatic heterocycles. The molecule has 78 valence electrons. The molecule has 7 heteroatoms. The van der Waals surface area contributed by atoms with Gasteiger partial charge in [-0.05, 0) is 17.8 Å². The van der Waals surface area contributed by atoms with Crippen molar-refractivity contribution in [3.63, 3.8) is 0 Å². The van der Waals surface area contributed by atoms with Crippen LogP contribution in [-0.2, 0) is 6.42 Å². The Morgan fingerprint density at radius 2 is 2.07 bits per heavy atom. The Labute approximate surface area is 90.9 Å². The molecule has 0 aliphatic rings. The molecule has 0 unspecified atom stereocenters. The van der Waals surface area contributed by atoms with E-state index >= 15 is 0 Å². The van der Waals surface area contributed by atoms with E-state index in [1.54, 1.807) is 18.5 Å². The van der Waals surface area contributed by atoms with Gasteiger partial charge < -0.3 is 5.84 Å². The van der Waals surface area contributed by atoms with Gasteiger partial charge in [-0.15, -0.1) is 10.2 Å². The summed E-state index contributed by atoms with van der Waals surface area (Å²) in [4.78, 5) is 8.13. The number of aryl methyl sites for hydroxylation is 1. The monoisotopic (exact) mass is 222 g/mol. The van der Waals surface area contributed by atoms with E-state index < -0.39 is 0 Å². The van der Waals surface area contributed by atoms with Crippen LogP contribution in [0.5, 0.6) is 0 Å². The minimum absolute atomic E-state index is 0.595. The van der Waals surface area contributed by atoms with E-state index in [0.717, 1.165) is 12.2 Å². The van der Waals surface area contributed by atoms with E-state index in [4.69, 9.17) is 5.84 Å². The fourth-order valence-corrected chi connectivity index (χ4v) is 1.71. The molecule has 0 aliphatic carbocycles. The van der Waals surface area contributed by atoms with Gasteiger partial charge in [0.25, 0.3) is 0 Å². The number of nitrogen functional groups attached to an aromatic ring is 1. The zero-order valence-corrected chi connectivity index (χ0v) is 8.98. The molecule has 2 N–H and O–H groups in total. The number of nitrogens with zero attached hydrogens (tertiary/aromatic N) is 5. The predicted molar refractivity (Wildman–Crippen MR) is 55.7 cm³/mol. The normalized spacial score (nSPS) is 10.5. The Balaban J connectivity index is 2.21. The third kappa shape index (κ3) is 2.07. The molecule has 2 aromatic heterocycles. The molecule has 0 saturated heterocycles. The van der Waals surface area contributed by atoms with Crippen molar-refractivity contribution in [3.05, 3.63) is 24.3 Å². The number of hydrogen-bond acceptors (Lipinski definition) is 6. The molecule has 0 saturated carbocycles. The average Bonchev–Trinajstić information content (AvgIpc) is 2.62. The van der Waals surface area contributed by atoms with Crippen LogP contribution in [0.1, 0.15) is 12.7 Å². The summed E-state index contributed by atoms with van der Waals surface area (Å²) >= 11 is 1.29. The van der Waals surface area contributed by atoms with Gasteiger partial charge >= 0.3 is 0 Å². The Hall–Kier alpha value is -1.63. The van der Waals surface area contributed by atoms with Crippen LogP contribution < -0.4 is 5.84 Å².